The second kappa shape index (κ2) is 9.52. The molecule has 2 aliphatic carbocycles. The quantitative estimate of drug-likeness (QED) is 0.663. The lowest BCUT2D eigenvalue weighted by Crippen LogP contribution is -2.50. The first-order valence-electron chi connectivity index (χ1n) is 12.3. The Labute approximate surface area is 196 Å². The highest BCUT2D eigenvalue weighted by atomic mass is 16.6. The van der Waals surface area contributed by atoms with Crippen molar-refractivity contribution in [2.24, 2.45) is 16.5 Å². The number of nitrogens with two attached hydrogens (primary N) is 1. The molecule has 2 aliphatic heterocycles. The fourth-order valence-electron chi connectivity index (χ4n) is 6.31. The summed E-state index contributed by atoms with van der Waals surface area (Å²) in [6, 6.07) is 0. The summed E-state index contributed by atoms with van der Waals surface area (Å²) in [6.45, 7) is 4.72. The highest BCUT2D eigenvalue weighted by molar-refractivity contribution is 6.06. The van der Waals surface area contributed by atoms with Crippen LogP contribution < -0.4 is 5.73 Å². The monoisotopic (exact) mass is 452 g/mol. The maximum Gasteiger partial charge on any atom is 0.219 e. The molecule has 33 heavy (non-hydrogen) atoms. The van der Waals surface area contributed by atoms with E-state index in [0.29, 0.717) is 11.9 Å². The van der Waals surface area contributed by atoms with Crippen LogP contribution in [0.25, 0.3) is 0 Å². The van der Waals surface area contributed by atoms with Gasteiger partial charge in [-0.05, 0) is 57.2 Å². The molecule has 0 radical (unpaired) electrons. The summed E-state index contributed by atoms with van der Waals surface area (Å²) in [5.41, 5.74) is 10.9. The van der Waals surface area contributed by atoms with E-state index in [0.717, 1.165) is 88.9 Å². The van der Waals surface area contributed by atoms with Gasteiger partial charge in [0.15, 0.2) is 0 Å². The van der Waals surface area contributed by atoms with Crippen molar-refractivity contribution in [2.45, 2.75) is 57.7 Å². The molecule has 0 saturated carbocycles. The summed E-state index contributed by atoms with van der Waals surface area (Å²) >= 11 is 0. The summed E-state index contributed by atoms with van der Waals surface area (Å²) < 4.78 is 0. The van der Waals surface area contributed by atoms with Crippen molar-refractivity contribution in [1.29, 1.82) is 0 Å². The molecule has 0 bridgehead atoms. The Morgan fingerprint density at radius 3 is 2.64 bits per heavy atom. The van der Waals surface area contributed by atoms with Gasteiger partial charge < -0.3 is 15.7 Å². The number of anilines is 1. The molecule has 3 N–H and O–H groups in total. The SMILES string of the molecule is CON=C1CC2(CCN(C(O)C3CCN(Cc4cnc(N)nc4)CC3)CC2)C2=C1C=CCC2. The van der Waals surface area contributed by atoms with Crippen LogP contribution in [-0.4, -0.2) is 70.1 Å². The van der Waals surface area contributed by atoms with Gasteiger partial charge in [0, 0.05) is 55.3 Å². The zero-order chi connectivity index (χ0) is 22.8. The van der Waals surface area contributed by atoms with Crippen molar-refractivity contribution in [3.05, 3.63) is 41.3 Å². The van der Waals surface area contributed by atoms with E-state index in [1.165, 1.54) is 5.57 Å². The van der Waals surface area contributed by atoms with Gasteiger partial charge in [0.25, 0.3) is 0 Å². The normalized spacial score (nSPS) is 26.2. The average Bonchev–Trinajstić information content (AvgIpc) is 3.14. The molecular weight excluding hydrogens is 416 g/mol. The first-order chi connectivity index (χ1) is 16.1. The van der Waals surface area contributed by atoms with Gasteiger partial charge in [-0.15, -0.1) is 0 Å². The third-order valence-corrected chi connectivity index (χ3v) is 8.14. The number of aliphatic hydroxyl groups excluding tert-OH is 1. The Bertz CT molecular complexity index is 925. The molecule has 1 aromatic heterocycles. The van der Waals surface area contributed by atoms with Crippen LogP contribution in [0.3, 0.4) is 0 Å². The van der Waals surface area contributed by atoms with Crippen molar-refractivity contribution >= 4 is 11.7 Å². The number of nitrogens with zero attached hydrogens (tertiary/aromatic N) is 5. The fraction of sp³-hybridized carbons (Fsp3) is 0.640. The topological polar surface area (TPSA) is 100 Å². The van der Waals surface area contributed by atoms with Crippen LogP contribution in [0.5, 0.6) is 0 Å². The molecule has 4 aliphatic rings. The summed E-state index contributed by atoms with van der Waals surface area (Å²) in [7, 11) is 1.64. The third-order valence-electron chi connectivity index (χ3n) is 8.14. The van der Waals surface area contributed by atoms with Crippen LogP contribution in [0.1, 0.15) is 50.5 Å². The van der Waals surface area contributed by atoms with Gasteiger partial charge in [0.05, 0.1) is 5.71 Å². The lowest BCUT2D eigenvalue weighted by atomic mass is 9.71. The first-order valence-corrected chi connectivity index (χ1v) is 12.3. The number of fused-ring (bicyclic) bond motifs is 1. The van der Waals surface area contributed by atoms with Crippen molar-refractivity contribution in [3.8, 4) is 0 Å². The molecule has 8 heteroatoms. The number of piperidine rings is 2. The molecule has 1 atom stereocenters. The number of nitrogen functional groups attached to an aromatic ring is 1. The molecule has 1 unspecified atom stereocenters. The van der Waals surface area contributed by atoms with Crippen molar-refractivity contribution in [3.63, 3.8) is 0 Å². The molecule has 1 spiro atoms. The van der Waals surface area contributed by atoms with E-state index in [1.54, 1.807) is 12.7 Å². The number of aromatic nitrogens is 2. The molecule has 178 valence electrons. The average molecular weight is 453 g/mol. The van der Waals surface area contributed by atoms with Crippen LogP contribution in [0.2, 0.25) is 0 Å². The summed E-state index contributed by atoms with van der Waals surface area (Å²) in [6.07, 6.45) is 15.2. The number of oxime groups is 1. The smallest absolute Gasteiger partial charge is 0.219 e. The molecule has 1 aromatic rings. The molecular formula is C25H36N6O2. The van der Waals surface area contributed by atoms with Gasteiger partial charge in [-0.2, -0.15) is 0 Å². The maximum atomic E-state index is 11.2. The Balaban J connectivity index is 1.15. The van der Waals surface area contributed by atoms with Gasteiger partial charge in [-0.1, -0.05) is 22.9 Å². The Kier molecular flexibility index (Phi) is 6.49. The van der Waals surface area contributed by atoms with E-state index in [1.807, 2.05) is 12.4 Å². The van der Waals surface area contributed by atoms with Crippen LogP contribution in [-0.2, 0) is 11.4 Å². The van der Waals surface area contributed by atoms with E-state index in [4.69, 9.17) is 10.6 Å². The van der Waals surface area contributed by atoms with Gasteiger partial charge in [0.2, 0.25) is 5.95 Å². The van der Waals surface area contributed by atoms with Crippen LogP contribution in [0.4, 0.5) is 5.95 Å². The van der Waals surface area contributed by atoms with E-state index < -0.39 is 0 Å². The number of hydrogen-bond donors (Lipinski definition) is 2. The summed E-state index contributed by atoms with van der Waals surface area (Å²) in [4.78, 5) is 18.1. The lowest BCUT2D eigenvalue weighted by molar-refractivity contribution is -0.0774. The van der Waals surface area contributed by atoms with E-state index in [2.05, 4.69) is 37.1 Å². The first kappa shape index (κ1) is 22.5. The molecule has 2 saturated heterocycles. The second-order valence-electron chi connectivity index (χ2n) is 10.0. The van der Waals surface area contributed by atoms with Gasteiger partial charge >= 0.3 is 0 Å². The highest BCUT2D eigenvalue weighted by Crippen LogP contribution is 2.52. The van der Waals surface area contributed by atoms with E-state index >= 15 is 0 Å². The van der Waals surface area contributed by atoms with Crippen LogP contribution in [0.15, 0.2) is 40.8 Å². The summed E-state index contributed by atoms with van der Waals surface area (Å²) in [5, 5.41) is 15.6. The Morgan fingerprint density at radius 1 is 1.21 bits per heavy atom. The zero-order valence-electron chi connectivity index (χ0n) is 19.6. The predicted molar refractivity (Wildman–Crippen MR) is 128 cm³/mol. The van der Waals surface area contributed by atoms with Crippen LogP contribution >= 0.6 is 0 Å². The largest absolute Gasteiger partial charge is 0.399 e. The molecule has 8 nitrogen and oxygen atoms in total. The van der Waals surface area contributed by atoms with E-state index in [9.17, 15) is 5.11 Å². The van der Waals surface area contributed by atoms with Crippen LogP contribution in [0, 0.1) is 11.3 Å². The number of rotatable bonds is 5. The number of hydrogen-bond acceptors (Lipinski definition) is 8. The molecule has 5 rings (SSSR count). The minimum atomic E-state index is -0.349. The molecule has 2 fully saturated rings. The standard InChI is InChI=1S/C25H36N6O2/c1-33-29-22-14-25(21-5-3-2-4-20(21)22)8-12-31(13-9-25)23(32)19-6-10-30(11-7-19)17-18-15-27-24(26)28-16-18/h2,4,15-16,19,23,32H,3,5-14,17H2,1H3,(H2,26,27,28). The third kappa shape index (κ3) is 4.56. The predicted octanol–water partition coefficient (Wildman–Crippen LogP) is 2.72. The van der Waals surface area contributed by atoms with Crippen molar-refractivity contribution in [2.75, 3.05) is 39.0 Å². The van der Waals surface area contributed by atoms with Gasteiger partial charge in [-0.25, -0.2) is 9.97 Å². The zero-order valence-corrected chi connectivity index (χ0v) is 19.6. The van der Waals surface area contributed by atoms with Crippen molar-refractivity contribution < 1.29 is 9.94 Å². The highest BCUT2D eigenvalue weighted by Gasteiger charge is 2.46. The number of likely N-dealkylation sites (tertiary alicyclic amines) is 2. The minimum absolute atomic E-state index is 0.207. The number of aliphatic hydroxyl groups is 1. The minimum Gasteiger partial charge on any atom is -0.399 e. The fourth-order valence-corrected chi connectivity index (χ4v) is 6.31. The Hall–Kier alpha value is -2.29. The molecule has 0 amide bonds. The number of allylic oxidation sites excluding steroid dienone is 4. The van der Waals surface area contributed by atoms with E-state index in [-0.39, 0.29) is 11.6 Å². The Morgan fingerprint density at radius 2 is 1.94 bits per heavy atom. The lowest BCUT2D eigenvalue weighted by Gasteiger charge is -2.45. The van der Waals surface area contributed by atoms with Gasteiger partial charge in [0.1, 0.15) is 13.3 Å². The molecule has 0 aromatic carbocycles. The second-order valence-corrected chi connectivity index (χ2v) is 10.0. The van der Waals surface area contributed by atoms with Gasteiger partial charge in [-0.3, -0.25) is 9.80 Å². The maximum absolute atomic E-state index is 11.2. The van der Waals surface area contributed by atoms with Crippen molar-refractivity contribution in [1.82, 2.24) is 19.8 Å². The molecule has 3 heterocycles. The summed E-state index contributed by atoms with van der Waals surface area (Å²) in [5.74, 6) is 0.649.